The van der Waals surface area contributed by atoms with Gasteiger partial charge in [0.05, 0.1) is 21.5 Å². The highest BCUT2D eigenvalue weighted by Crippen LogP contribution is 2.44. The Balaban J connectivity index is 1.74. The molecule has 6 rings (SSSR count). The summed E-state index contributed by atoms with van der Waals surface area (Å²) in [6.45, 7) is 0. The lowest BCUT2D eigenvalue weighted by atomic mass is 9.77. The van der Waals surface area contributed by atoms with E-state index in [0.717, 1.165) is 16.7 Å². The number of nitro groups is 1. The van der Waals surface area contributed by atoms with E-state index in [9.17, 15) is 14.5 Å². The number of nitro benzene ring substituents is 1. The molecule has 41 heavy (non-hydrogen) atoms. The maximum Gasteiger partial charge on any atom is 0.305 e. The van der Waals surface area contributed by atoms with Gasteiger partial charge in [0.1, 0.15) is 11.4 Å². The van der Waals surface area contributed by atoms with Gasteiger partial charge in [-0.3, -0.25) is 10.1 Å². The molecule has 0 saturated heterocycles. The van der Waals surface area contributed by atoms with Gasteiger partial charge in [0.15, 0.2) is 0 Å². The van der Waals surface area contributed by atoms with Crippen LogP contribution < -0.4 is 0 Å². The lowest BCUT2D eigenvalue weighted by Gasteiger charge is -2.37. The molecule has 6 aromatic rings. The van der Waals surface area contributed by atoms with E-state index in [1.54, 1.807) is 35.0 Å². The van der Waals surface area contributed by atoms with Gasteiger partial charge >= 0.3 is 5.69 Å². The molecule has 0 aliphatic rings. The first kappa shape index (κ1) is 25.8. The molecular formula is C34H23F2N3O2. The van der Waals surface area contributed by atoms with Crippen LogP contribution in [0.3, 0.4) is 0 Å². The molecule has 0 N–H and O–H groups in total. The normalized spacial score (nSPS) is 11.8. The Morgan fingerprint density at radius 1 is 0.683 bits per heavy atom. The van der Waals surface area contributed by atoms with Crippen molar-refractivity contribution in [3.63, 3.8) is 0 Å². The molecule has 5 nitrogen and oxygen atoms in total. The van der Waals surface area contributed by atoms with Crippen LogP contribution in [-0.2, 0) is 5.54 Å². The minimum Gasteiger partial charge on any atom is -0.258 e. The molecule has 0 aliphatic carbocycles. The predicted molar refractivity (Wildman–Crippen MR) is 156 cm³/mol. The zero-order chi connectivity index (χ0) is 28.4. The van der Waals surface area contributed by atoms with E-state index in [-0.39, 0.29) is 16.9 Å². The van der Waals surface area contributed by atoms with E-state index >= 15 is 4.39 Å². The average Bonchev–Trinajstić information content (AvgIpc) is 3.38. The second-order valence-corrected chi connectivity index (χ2v) is 9.54. The first-order valence-electron chi connectivity index (χ1n) is 13.0. The van der Waals surface area contributed by atoms with Gasteiger partial charge in [-0.25, -0.2) is 9.07 Å². The van der Waals surface area contributed by atoms with Crippen molar-refractivity contribution in [1.82, 2.24) is 9.78 Å². The van der Waals surface area contributed by atoms with Crippen molar-refractivity contribution in [3.8, 4) is 0 Å². The molecule has 0 bridgehead atoms. The molecule has 0 amide bonds. The highest BCUT2D eigenvalue weighted by molar-refractivity contribution is 5.92. The van der Waals surface area contributed by atoms with Crippen molar-refractivity contribution < 1.29 is 13.7 Å². The van der Waals surface area contributed by atoms with E-state index in [1.165, 1.54) is 18.2 Å². The fraction of sp³-hybridized carbons (Fsp3) is 0.0294. The van der Waals surface area contributed by atoms with E-state index in [1.807, 2.05) is 91.0 Å². The van der Waals surface area contributed by atoms with Crippen molar-refractivity contribution >= 4 is 28.7 Å². The van der Waals surface area contributed by atoms with Gasteiger partial charge < -0.3 is 0 Å². The predicted octanol–water partition coefficient (Wildman–Crippen LogP) is 8.23. The Morgan fingerprint density at radius 3 is 1.68 bits per heavy atom. The lowest BCUT2D eigenvalue weighted by Crippen LogP contribution is -2.38. The minimum absolute atomic E-state index is 0.0183. The monoisotopic (exact) mass is 543 g/mol. The van der Waals surface area contributed by atoms with Gasteiger partial charge in [-0.2, -0.15) is 9.49 Å². The summed E-state index contributed by atoms with van der Waals surface area (Å²) < 4.78 is 31.2. The zero-order valence-electron chi connectivity index (χ0n) is 21.7. The van der Waals surface area contributed by atoms with Crippen molar-refractivity contribution in [2.75, 3.05) is 0 Å². The largest absolute Gasteiger partial charge is 0.305 e. The van der Waals surface area contributed by atoms with Crippen LogP contribution >= 0.6 is 0 Å². The molecule has 0 radical (unpaired) electrons. The molecule has 0 unspecified atom stereocenters. The molecule has 200 valence electrons. The molecule has 0 aliphatic heterocycles. The summed E-state index contributed by atoms with van der Waals surface area (Å²) in [5.74, 6) is -1.35. The standard InChI is InChI=1S/C34H23F2N3O2/c35-28-19-16-24(17-20-28)18-21-29-32-30(22-23-31(33(32)36)39(40)41)38(37-29)34(25-10-4-1-5-11-25,26-12-6-2-7-13-26)27-14-8-3-9-15-27/h1-23H/b21-18+. The van der Waals surface area contributed by atoms with Gasteiger partial charge in [0.2, 0.25) is 5.82 Å². The van der Waals surface area contributed by atoms with Crippen LogP contribution in [0.1, 0.15) is 27.9 Å². The lowest BCUT2D eigenvalue weighted by molar-refractivity contribution is -0.387. The van der Waals surface area contributed by atoms with Crippen molar-refractivity contribution in [1.29, 1.82) is 0 Å². The number of hydrogen-bond acceptors (Lipinski definition) is 3. The highest BCUT2D eigenvalue weighted by atomic mass is 19.1. The number of hydrogen-bond donors (Lipinski definition) is 0. The molecule has 0 spiro atoms. The molecule has 0 fully saturated rings. The number of rotatable bonds is 7. The average molecular weight is 544 g/mol. The third-order valence-corrected chi connectivity index (χ3v) is 7.18. The summed E-state index contributed by atoms with van der Waals surface area (Å²) in [4.78, 5) is 11.0. The van der Waals surface area contributed by atoms with Crippen molar-refractivity contribution in [2.24, 2.45) is 0 Å². The maximum atomic E-state index is 16.0. The molecule has 0 atom stereocenters. The Bertz CT molecular complexity index is 1770. The second kappa shape index (κ2) is 10.6. The van der Waals surface area contributed by atoms with E-state index in [4.69, 9.17) is 5.10 Å². The Morgan fingerprint density at radius 2 is 1.20 bits per heavy atom. The fourth-order valence-corrected chi connectivity index (χ4v) is 5.35. The molecule has 5 aromatic carbocycles. The summed E-state index contributed by atoms with van der Waals surface area (Å²) >= 11 is 0. The zero-order valence-corrected chi connectivity index (χ0v) is 21.7. The first-order valence-corrected chi connectivity index (χ1v) is 13.0. The highest BCUT2D eigenvalue weighted by Gasteiger charge is 2.41. The Kier molecular flexibility index (Phi) is 6.69. The molecule has 1 aromatic heterocycles. The number of halogens is 2. The van der Waals surface area contributed by atoms with Gasteiger partial charge in [-0.15, -0.1) is 0 Å². The molecule has 1 heterocycles. The van der Waals surface area contributed by atoms with Crippen LogP contribution in [0, 0.1) is 21.7 Å². The SMILES string of the molecule is O=[N+]([O-])c1ccc2c(c(/C=C/c3ccc(F)cc3)nn2C(c2ccccc2)(c2ccccc2)c2ccccc2)c1F. The quantitative estimate of drug-likeness (QED) is 0.116. The van der Waals surface area contributed by atoms with Crippen LogP contribution in [0.25, 0.3) is 23.1 Å². The van der Waals surface area contributed by atoms with E-state index < -0.39 is 22.0 Å². The van der Waals surface area contributed by atoms with Crippen molar-refractivity contribution in [2.45, 2.75) is 5.54 Å². The van der Waals surface area contributed by atoms with Gasteiger partial charge in [-0.1, -0.05) is 109 Å². The fourth-order valence-electron chi connectivity index (χ4n) is 5.35. The van der Waals surface area contributed by atoms with Crippen LogP contribution in [0.2, 0.25) is 0 Å². The summed E-state index contributed by atoms with van der Waals surface area (Å²) in [5.41, 5.74) is 2.16. The number of aromatic nitrogens is 2. The van der Waals surface area contributed by atoms with E-state index in [0.29, 0.717) is 11.1 Å². The minimum atomic E-state index is -1.06. The van der Waals surface area contributed by atoms with Crippen LogP contribution in [0.5, 0.6) is 0 Å². The second-order valence-electron chi connectivity index (χ2n) is 9.54. The van der Waals surface area contributed by atoms with Crippen LogP contribution in [0.4, 0.5) is 14.5 Å². The maximum absolute atomic E-state index is 16.0. The topological polar surface area (TPSA) is 61.0 Å². The van der Waals surface area contributed by atoms with Gasteiger partial charge in [0.25, 0.3) is 0 Å². The smallest absolute Gasteiger partial charge is 0.258 e. The van der Waals surface area contributed by atoms with Crippen molar-refractivity contribution in [3.05, 3.63) is 177 Å². The molecule has 7 heteroatoms. The third-order valence-electron chi connectivity index (χ3n) is 7.18. The Labute approximate surface area is 234 Å². The van der Waals surface area contributed by atoms with Gasteiger partial charge in [-0.05, 0) is 46.5 Å². The number of fused-ring (bicyclic) bond motifs is 1. The first-order chi connectivity index (χ1) is 20.0. The molecular weight excluding hydrogens is 520 g/mol. The summed E-state index contributed by atoms with van der Waals surface area (Å²) in [6.07, 6.45) is 3.28. The number of nitrogens with zero attached hydrogens (tertiary/aromatic N) is 3. The van der Waals surface area contributed by atoms with E-state index in [2.05, 4.69) is 0 Å². The summed E-state index contributed by atoms with van der Waals surface area (Å²) in [5, 5.41) is 16.7. The van der Waals surface area contributed by atoms with Crippen LogP contribution in [-0.4, -0.2) is 14.7 Å². The van der Waals surface area contributed by atoms with Gasteiger partial charge in [0, 0.05) is 6.07 Å². The number of benzene rings is 5. The summed E-state index contributed by atoms with van der Waals surface area (Å²) in [6, 6.07) is 37.9. The van der Waals surface area contributed by atoms with Crippen LogP contribution in [0.15, 0.2) is 127 Å². The summed E-state index contributed by atoms with van der Waals surface area (Å²) in [7, 11) is 0. The third kappa shape index (κ3) is 4.47. The molecule has 0 saturated carbocycles. The Hall–Kier alpha value is -5.43.